The molecule has 1 heterocycles. The number of carbonyl (C=O) groups excluding carboxylic acids is 1. The number of sulfonamides is 1. The number of amides is 1. The van der Waals surface area contributed by atoms with Gasteiger partial charge in [-0.25, -0.2) is 12.8 Å². The molecule has 0 aliphatic carbocycles. The molecule has 1 amide bonds. The fourth-order valence-corrected chi connectivity index (χ4v) is 5.87. The zero-order valence-corrected chi connectivity index (χ0v) is 18.8. The van der Waals surface area contributed by atoms with Gasteiger partial charge in [0.15, 0.2) is 0 Å². The van der Waals surface area contributed by atoms with Crippen molar-refractivity contribution < 1.29 is 17.6 Å². The average Bonchev–Trinajstić information content (AvgIpc) is 2.69. The summed E-state index contributed by atoms with van der Waals surface area (Å²) in [6.45, 7) is 8.16. The fraction of sp³-hybridized carbons (Fsp3) is 0.435. The Morgan fingerprint density at radius 3 is 2.53 bits per heavy atom. The Labute approximate surface area is 178 Å². The summed E-state index contributed by atoms with van der Waals surface area (Å²) in [4.78, 5) is 13.2. The number of hydrogen-bond donors (Lipinski definition) is 1. The highest BCUT2D eigenvalue weighted by molar-refractivity contribution is 7.89. The Morgan fingerprint density at radius 2 is 1.83 bits per heavy atom. The van der Waals surface area contributed by atoms with Crippen LogP contribution in [0.1, 0.15) is 42.0 Å². The van der Waals surface area contributed by atoms with Crippen molar-refractivity contribution in [3.63, 3.8) is 0 Å². The van der Waals surface area contributed by atoms with E-state index < -0.39 is 15.4 Å². The molecule has 1 fully saturated rings. The van der Waals surface area contributed by atoms with Crippen molar-refractivity contribution in [1.82, 2.24) is 9.62 Å². The Hall–Kier alpha value is -2.25. The summed E-state index contributed by atoms with van der Waals surface area (Å²) < 4.78 is 41.5. The van der Waals surface area contributed by atoms with Crippen molar-refractivity contribution in [1.29, 1.82) is 0 Å². The summed E-state index contributed by atoms with van der Waals surface area (Å²) in [7, 11) is -3.71. The van der Waals surface area contributed by atoms with E-state index in [1.807, 2.05) is 19.9 Å². The highest BCUT2D eigenvalue weighted by Gasteiger charge is 2.42. The van der Waals surface area contributed by atoms with Gasteiger partial charge in [0.2, 0.25) is 15.9 Å². The summed E-state index contributed by atoms with van der Waals surface area (Å²) in [6, 6.07) is 9.67. The van der Waals surface area contributed by atoms with E-state index in [4.69, 9.17) is 0 Å². The van der Waals surface area contributed by atoms with E-state index in [9.17, 15) is 17.6 Å². The molecule has 0 unspecified atom stereocenters. The molecule has 3 rings (SSSR count). The van der Waals surface area contributed by atoms with Crippen molar-refractivity contribution in [2.45, 2.75) is 52.0 Å². The number of hydrogen-bond acceptors (Lipinski definition) is 3. The molecule has 30 heavy (non-hydrogen) atoms. The Bertz CT molecular complexity index is 1070. The van der Waals surface area contributed by atoms with Crippen molar-refractivity contribution in [2.24, 2.45) is 5.41 Å². The van der Waals surface area contributed by atoms with Crippen LogP contribution in [-0.4, -0.2) is 31.7 Å². The molecule has 1 aliphatic heterocycles. The molecular weight excluding hydrogens is 403 g/mol. The predicted molar refractivity (Wildman–Crippen MR) is 115 cm³/mol. The monoisotopic (exact) mass is 432 g/mol. The SMILES string of the molecule is Cc1cc(C)c(S(=O)(=O)N2CCC[C@](C)(C(=O)NCc3cccc(F)c3)C2)cc1C. The highest BCUT2D eigenvalue weighted by Crippen LogP contribution is 2.34. The third-order valence-corrected chi connectivity index (χ3v) is 7.95. The van der Waals surface area contributed by atoms with Gasteiger partial charge in [-0.1, -0.05) is 18.2 Å². The van der Waals surface area contributed by atoms with Gasteiger partial charge in [-0.05, 0) is 81.0 Å². The van der Waals surface area contributed by atoms with Crippen LogP contribution in [0.25, 0.3) is 0 Å². The van der Waals surface area contributed by atoms with Crippen LogP contribution in [0, 0.1) is 32.0 Å². The topological polar surface area (TPSA) is 66.5 Å². The molecule has 1 aliphatic rings. The maximum absolute atomic E-state index is 13.4. The van der Waals surface area contributed by atoms with Gasteiger partial charge in [-0.2, -0.15) is 4.31 Å². The fourth-order valence-electron chi connectivity index (χ4n) is 3.98. The number of carbonyl (C=O) groups is 1. The molecule has 0 saturated carbocycles. The van der Waals surface area contributed by atoms with Gasteiger partial charge < -0.3 is 5.32 Å². The first-order chi connectivity index (χ1) is 14.0. The molecule has 1 N–H and O–H groups in total. The minimum Gasteiger partial charge on any atom is -0.352 e. The zero-order valence-electron chi connectivity index (χ0n) is 18.0. The van der Waals surface area contributed by atoms with E-state index in [0.29, 0.717) is 35.4 Å². The standard InChI is InChI=1S/C23H29FN2O3S/c1-16-11-18(3)21(12-17(16)2)30(28,29)26-10-6-9-23(4,15-26)22(27)25-14-19-7-5-8-20(24)13-19/h5,7-8,11-13H,6,9-10,14-15H2,1-4H3,(H,25,27)/t23-/m0/s1. The Kier molecular flexibility index (Phi) is 6.34. The van der Waals surface area contributed by atoms with Crippen molar-refractivity contribution >= 4 is 15.9 Å². The largest absolute Gasteiger partial charge is 0.352 e. The minimum atomic E-state index is -3.71. The molecule has 5 nitrogen and oxygen atoms in total. The molecule has 0 aromatic heterocycles. The van der Waals surface area contributed by atoms with Gasteiger partial charge in [-0.15, -0.1) is 0 Å². The van der Waals surface area contributed by atoms with Crippen LogP contribution in [0.3, 0.4) is 0 Å². The summed E-state index contributed by atoms with van der Waals surface area (Å²) in [6.07, 6.45) is 1.20. The van der Waals surface area contributed by atoms with Gasteiger partial charge in [-0.3, -0.25) is 4.79 Å². The Morgan fingerprint density at radius 1 is 1.13 bits per heavy atom. The van der Waals surface area contributed by atoms with E-state index in [1.54, 1.807) is 32.0 Å². The third kappa shape index (κ3) is 4.57. The summed E-state index contributed by atoms with van der Waals surface area (Å²) in [5.74, 6) is -0.574. The molecule has 1 saturated heterocycles. The van der Waals surface area contributed by atoms with E-state index >= 15 is 0 Å². The molecule has 2 aromatic rings. The summed E-state index contributed by atoms with van der Waals surface area (Å²) in [5.41, 5.74) is 2.50. The smallest absolute Gasteiger partial charge is 0.243 e. The quantitative estimate of drug-likeness (QED) is 0.780. The number of halogens is 1. The van der Waals surface area contributed by atoms with Crippen molar-refractivity contribution in [3.05, 3.63) is 64.5 Å². The lowest BCUT2D eigenvalue weighted by Gasteiger charge is -2.38. The molecular formula is C23H29FN2O3S. The summed E-state index contributed by atoms with van der Waals surface area (Å²) >= 11 is 0. The lowest BCUT2D eigenvalue weighted by Crippen LogP contribution is -2.51. The van der Waals surface area contributed by atoms with Crippen molar-refractivity contribution in [3.8, 4) is 0 Å². The first-order valence-corrected chi connectivity index (χ1v) is 11.6. The number of nitrogens with one attached hydrogen (secondary N) is 1. The van der Waals surface area contributed by atoms with Gasteiger partial charge >= 0.3 is 0 Å². The number of aryl methyl sites for hydroxylation is 3. The molecule has 0 spiro atoms. The van der Waals surface area contributed by atoms with E-state index in [-0.39, 0.29) is 24.8 Å². The Balaban J connectivity index is 1.78. The molecule has 2 aromatic carbocycles. The van der Waals surface area contributed by atoms with Crippen LogP contribution in [0.4, 0.5) is 4.39 Å². The second-order valence-corrected chi connectivity index (χ2v) is 10.4. The lowest BCUT2D eigenvalue weighted by atomic mass is 9.82. The second kappa shape index (κ2) is 8.47. The van der Waals surface area contributed by atoms with Crippen molar-refractivity contribution in [2.75, 3.05) is 13.1 Å². The maximum atomic E-state index is 13.4. The van der Waals surface area contributed by atoms with Gasteiger partial charge in [0, 0.05) is 19.6 Å². The van der Waals surface area contributed by atoms with Crippen LogP contribution >= 0.6 is 0 Å². The number of piperidine rings is 1. The predicted octanol–water partition coefficient (Wildman–Crippen LogP) is 3.86. The average molecular weight is 433 g/mol. The molecule has 7 heteroatoms. The molecule has 0 bridgehead atoms. The van der Waals surface area contributed by atoms with E-state index in [1.165, 1.54) is 16.4 Å². The minimum absolute atomic E-state index is 0.122. The first-order valence-electron chi connectivity index (χ1n) is 10.1. The van der Waals surface area contributed by atoms with Gasteiger partial charge in [0.1, 0.15) is 5.82 Å². The van der Waals surface area contributed by atoms with Gasteiger partial charge in [0.05, 0.1) is 10.3 Å². The number of rotatable bonds is 5. The number of nitrogens with zero attached hydrogens (tertiary/aromatic N) is 1. The van der Waals surface area contributed by atoms with E-state index in [0.717, 1.165) is 11.1 Å². The number of benzene rings is 2. The normalized spacial score (nSPS) is 20.2. The van der Waals surface area contributed by atoms with Crippen LogP contribution in [0.5, 0.6) is 0 Å². The summed E-state index contributed by atoms with van der Waals surface area (Å²) in [5, 5.41) is 2.85. The molecule has 162 valence electrons. The van der Waals surface area contributed by atoms with Crippen LogP contribution in [-0.2, 0) is 21.4 Å². The lowest BCUT2D eigenvalue weighted by molar-refractivity contribution is -0.132. The molecule has 1 atom stereocenters. The van der Waals surface area contributed by atoms with E-state index in [2.05, 4.69) is 5.32 Å². The second-order valence-electron chi connectivity index (χ2n) is 8.52. The van der Waals surface area contributed by atoms with Crippen LogP contribution in [0.2, 0.25) is 0 Å². The molecule has 0 radical (unpaired) electrons. The zero-order chi connectivity index (χ0) is 22.1. The van der Waals surface area contributed by atoms with Gasteiger partial charge in [0.25, 0.3) is 0 Å². The van der Waals surface area contributed by atoms with Crippen LogP contribution in [0.15, 0.2) is 41.3 Å². The first kappa shape index (κ1) is 22.4. The highest BCUT2D eigenvalue weighted by atomic mass is 32.2. The maximum Gasteiger partial charge on any atom is 0.243 e. The van der Waals surface area contributed by atoms with Crippen LogP contribution < -0.4 is 5.32 Å². The third-order valence-electron chi connectivity index (χ3n) is 5.96.